The Labute approximate surface area is 205 Å². The molecule has 0 saturated heterocycles. The van der Waals surface area contributed by atoms with Crippen LogP contribution in [0.3, 0.4) is 0 Å². The number of amides is 1. The average molecular weight is 606 g/mol. The van der Waals surface area contributed by atoms with E-state index in [9.17, 15) is 4.79 Å². The van der Waals surface area contributed by atoms with Gasteiger partial charge in [0.15, 0.2) is 17.3 Å². The van der Waals surface area contributed by atoms with Gasteiger partial charge in [-0.25, -0.2) is 5.43 Å². The molecule has 9 heteroatoms. The zero-order valence-electron chi connectivity index (χ0n) is 17.1. The van der Waals surface area contributed by atoms with Crippen molar-refractivity contribution in [2.75, 3.05) is 6.79 Å². The predicted molar refractivity (Wildman–Crippen MR) is 133 cm³/mol. The molecule has 0 unspecified atom stereocenters. The number of hydrogen-bond donors (Lipinski definition) is 1. The van der Waals surface area contributed by atoms with E-state index in [1.807, 2.05) is 50.2 Å². The van der Waals surface area contributed by atoms with E-state index in [4.69, 9.17) is 13.9 Å². The third-order valence-electron chi connectivity index (χ3n) is 5.21. The van der Waals surface area contributed by atoms with Crippen LogP contribution in [0.1, 0.15) is 27.5 Å². The molecule has 1 N–H and O–H groups in total. The summed E-state index contributed by atoms with van der Waals surface area (Å²) >= 11 is 5.64. The van der Waals surface area contributed by atoms with Gasteiger partial charge in [-0.1, -0.05) is 15.9 Å². The Bertz CT molecular complexity index is 1410. The molecule has 1 aliphatic rings. The molecular formula is C23H17BrIN3O4. The number of fused-ring (bicyclic) bond motifs is 2. The van der Waals surface area contributed by atoms with Gasteiger partial charge in [0.2, 0.25) is 6.79 Å². The number of carbonyl (C=O) groups is 1. The van der Waals surface area contributed by atoms with E-state index in [-0.39, 0.29) is 12.6 Å². The first-order valence-electron chi connectivity index (χ1n) is 9.71. The Balaban J connectivity index is 1.36. The second kappa shape index (κ2) is 8.28. The van der Waals surface area contributed by atoms with Crippen LogP contribution in [0, 0.1) is 17.4 Å². The van der Waals surface area contributed by atoms with E-state index in [0.717, 1.165) is 47.6 Å². The highest BCUT2D eigenvalue weighted by Crippen LogP contribution is 2.35. The Kier molecular flexibility index (Phi) is 5.46. The van der Waals surface area contributed by atoms with Gasteiger partial charge in [0.1, 0.15) is 5.58 Å². The number of ether oxygens (including phenoxy) is 2. The fourth-order valence-electron chi connectivity index (χ4n) is 3.74. The molecule has 2 aromatic carbocycles. The van der Waals surface area contributed by atoms with Crippen LogP contribution in [0.5, 0.6) is 11.5 Å². The van der Waals surface area contributed by atoms with Crippen LogP contribution in [0.4, 0.5) is 0 Å². The maximum absolute atomic E-state index is 12.5. The lowest BCUT2D eigenvalue weighted by Gasteiger charge is -2.10. The van der Waals surface area contributed by atoms with E-state index in [0.29, 0.717) is 5.58 Å². The minimum atomic E-state index is -0.408. The van der Waals surface area contributed by atoms with Gasteiger partial charge in [0.25, 0.3) is 0 Å². The normalized spacial score (nSPS) is 12.8. The lowest BCUT2D eigenvalue weighted by Crippen LogP contribution is -2.16. The summed E-state index contributed by atoms with van der Waals surface area (Å²) in [7, 11) is 0. The number of rotatable bonds is 4. The van der Waals surface area contributed by atoms with Crippen LogP contribution in [0.15, 0.2) is 56.5 Å². The van der Waals surface area contributed by atoms with Crippen LogP contribution in [0.2, 0.25) is 0 Å². The Morgan fingerprint density at radius 2 is 1.97 bits per heavy atom. The highest BCUT2D eigenvalue weighted by atomic mass is 127. The molecule has 0 fully saturated rings. The molecule has 0 bridgehead atoms. The minimum Gasteiger partial charge on any atom is -0.454 e. The summed E-state index contributed by atoms with van der Waals surface area (Å²) in [6.07, 6.45) is 1.63. The third-order valence-corrected chi connectivity index (χ3v) is 6.47. The molecule has 1 amide bonds. The summed E-state index contributed by atoms with van der Waals surface area (Å²) in [4.78, 5) is 12.5. The van der Waals surface area contributed by atoms with Gasteiger partial charge >= 0.3 is 5.91 Å². The monoisotopic (exact) mass is 605 g/mol. The van der Waals surface area contributed by atoms with Gasteiger partial charge in [0, 0.05) is 38.6 Å². The molecule has 32 heavy (non-hydrogen) atoms. The number of aryl methyl sites for hydroxylation is 1. The third kappa shape index (κ3) is 3.79. The molecule has 7 nitrogen and oxygen atoms in total. The number of nitrogens with one attached hydrogen (secondary N) is 1. The summed E-state index contributed by atoms with van der Waals surface area (Å²) in [6.45, 7) is 4.25. The van der Waals surface area contributed by atoms with Crippen molar-refractivity contribution in [3.63, 3.8) is 0 Å². The summed E-state index contributed by atoms with van der Waals surface area (Å²) in [5.74, 6) is 1.27. The van der Waals surface area contributed by atoms with Crippen LogP contribution < -0.4 is 14.9 Å². The summed E-state index contributed by atoms with van der Waals surface area (Å²) in [5, 5.41) is 4.99. The van der Waals surface area contributed by atoms with Crippen LogP contribution in [-0.4, -0.2) is 23.5 Å². The van der Waals surface area contributed by atoms with Gasteiger partial charge in [-0.05, 0) is 72.8 Å². The SMILES string of the molecule is Cc1cc(/C=N\NC(=O)c2cc3cc(Br)cc(I)c3o2)c(C)n1-c1ccc2c(c1)OCO2. The van der Waals surface area contributed by atoms with Gasteiger partial charge in [-0.3, -0.25) is 4.79 Å². The Hall–Kier alpha value is -2.79. The van der Waals surface area contributed by atoms with Gasteiger partial charge < -0.3 is 18.5 Å². The first-order chi connectivity index (χ1) is 15.4. The molecule has 2 aromatic heterocycles. The number of furan rings is 1. The van der Waals surface area contributed by atoms with Gasteiger partial charge in [-0.15, -0.1) is 0 Å². The zero-order valence-corrected chi connectivity index (χ0v) is 20.9. The zero-order chi connectivity index (χ0) is 22.4. The van der Waals surface area contributed by atoms with Crippen molar-refractivity contribution in [3.05, 3.63) is 73.2 Å². The number of nitrogens with zero attached hydrogens (tertiary/aromatic N) is 2. The van der Waals surface area contributed by atoms with E-state index >= 15 is 0 Å². The molecule has 3 heterocycles. The fraction of sp³-hybridized carbons (Fsp3) is 0.130. The second-order valence-corrected chi connectivity index (χ2v) is 9.39. The fourth-order valence-corrected chi connectivity index (χ4v) is 5.40. The lowest BCUT2D eigenvalue weighted by atomic mass is 10.2. The second-order valence-electron chi connectivity index (χ2n) is 7.32. The van der Waals surface area contributed by atoms with Crippen LogP contribution in [0.25, 0.3) is 16.7 Å². The molecule has 1 aliphatic heterocycles. The van der Waals surface area contributed by atoms with Crippen molar-refractivity contribution in [2.24, 2.45) is 5.10 Å². The maximum atomic E-state index is 12.5. The number of hydrazone groups is 1. The van der Waals surface area contributed by atoms with E-state index in [2.05, 4.69) is 53.6 Å². The summed E-state index contributed by atoms with van der Waals surface area (Å²) in [6, 6.07) is 13.4. The first kappa shape index (κ1) is 21.1. The highest BCUT2D eigenvalue weighted by molar-refractivity contribution is 14.1. The van der Waals surface area contributed by atoms with Crippen molar-refractivity contribution >= 4 is 61.6 Å². The van der Waals surface area contributed by atoms with E-state index < -0.39 is 5.91 Å². The molecule has 162 valence electrons. The first-order valence-corrected chi connectivity index (χ1v) is 11.6. The number of carbonyl (C=O) groups excluding carboxylic acids is 1. The number of aromatic nitrogens is 1. The van der Waals surface area contributed by atoms with Crippen molar-refractivity contribution in [1.29, 1.82) is 0 Å². The van der Waals surface area contributed by atoms with Crippen molar-refractivity contribution < 1.29 is 18.7 Å². The summed E-state index contributed by atoms with van der Waals surface area (Å²) < 4.78 is 20.6. The largest absolute Gasteiger partial charge is 0.454 e. The average Bonchev–Trinajstić information content (AvgIpc) is 3.45. The lowest BCUT2D eigenvalue weighted by molar-refractivity contribution is 0.0929. The molecule has 5 rings (SSSR count). The van der Waals surface area contributed by atoms with Crippen molar-refractivity contribution in [3.8, 4) is 17.2 Å². The van der Waals surface area contributed by atoms with Crippen LogP contribution in [-0.2, 0) is 0 Å². The quantitative estimate of drug-likeness (QED) is 0.184. The van der Waals surface area contributed by atoms with Crippen molar-refractivity contribution in [2.45, 2.75) is 13.8 Å². The van der Waals surface area contributed by atoms with E-state index in [1.165, 1.54) is 0 Å². The predicted octanol–water partition coefficient (Wildman–Crippen LogP) is 5.70. The minimum absolute atomic E-state index is 0.207. The standard InChI is InChI=1S/C23H17BrIN3O4/c1-12-5-15(13(2)28(12)17-3-4-19-20(9-17)31-11-30-19)10-26-27-23(29)21-7-14-6-16(24)8-18(25)22(14)32-21/h3-10H,11H2,1-2H3,(H,27,29)/b26-10-. The van der Waals surface area contributed by atoms with Gasteiger partial charge in [0.05, 0.1) is 9.78 Å². The molecule has 0 saturated carbocycles. The smallest absolute Gasteiger partial charge is 0.307 e. The Morgan fingerprint density at radius 1 is 1.16 bits per heavy atom. The number of benzene rings is 2. The maximum Gasteiger partial charge on any atom is 0.307 e. The van der Waals surface area contributed by atoms with Crippen LogP contribution >= 0.6 is 38.5 Å². The number of halogens is 2. The van der Waals surface area contributed by atoms with Crippen molar-refractivity contribution in [1.82, 2.24) is 9.99 Å². The highest BCUT2D eigenvalue weighted by Gasteiger charge is 2.17. The molecule has 0 atom stereocenters. The number of hydrogen-bond acceptors (Lipinski definition) is 5. The van der Waals surface area contributed by atoms with Gasteiger partial charge in [-0.2, -0.15) is 5.10 Å². The molecule has 0 aliphatic carbocycles. The Morgan fingerprint density at radius 3 is 2.81 bits per heavy atom. The molecule has 0 spiro atoms. The van der Waals surface area contributed by atoms with E-state index in [1.54, 1.807) is 12.3 Å². The molecule has 4 aromatic rings. The summed E-state index contributed by atoms with van der Waals surface area (Å²) in [5.41, 5.74) is 7.11. The molecule has 0 radical (unpaired) electrons. The molecular weight excluding hydrogens is 589 g/mol. The topological polar surface area (TPSA) is 78.0 Å².